The molecule has 0 amide bonds. The lowest BCUT2D eigenvalue weighted by Crippen LogP contribution is -2.20. The van der Waals surface area contributed by atoms with Crippen molar-refractivity contribution < 1.29 is 4.74 Å². The molecule has 3 N–H and O–H groups in total. The van der Waals surface area contributed by atoms with E-state index in [-0.39, 0.29) is 5.11 Å². The molecule has 1 aromatic heterocycles. The number of thiocarbonyl (C=S) groups is 1. The summed E-state index contributed by atoms with van der Waals surface area (Å²) in [6.07, 6.45) is 0. The number of aromatic nitrogens is 3. The summed E-state index contributed by atoms with van der Waals surface area (Å²) in [6.45, 7) is 1.97. The highest BCUT2D eigenvalue weighted by atomic mass is 32.1. The number of benzene rings is 2. The third kappa shape index (κ3) is 2.58. The summed E-state index contributed by atoms with van der Waals surface area (Å²) in [5, 5.41) is 12.1. The summed E-state index contributed by atoms with van der Waals surface area (Å²) in [7, 11) is 1.59. The first-order chi connectivity index (χ1) is 10.6. The maximum absolute atomic E-state index is 5.57. The highest BCUT2D eigenvalue weighted by molar-refractivity contribution is 7.80. The predicted octanol–water partition coefficient (Wildman–Crippen LogP) is 2.39. The van der Waals surface area contributed by atoms with Gasteiger partial charge in [0.2, 0.25) is 0 Å². The summed E-state index contributed by atoms with van der Waals surface area (Å²) < 4.78 is 5.50. The number of nitrogens with zero attached hydrogens (tertiary/aromatic N) is 3. The molecule has 0 aliphatic carbocycles. The number of hydrogen-bond donors (Lipinski definition) is 2. The smallest absolute Gasteiger partial charge is 0.169 e. The Morgan fingerprint density at radius 2 is 1.86 bits per heavy atom. The van der Waals surface area contributed by atoms with Crippen LogP contribution >= 0.6 is 12.2 Å². The number of nitrogens with one attached hydrogen (secondary N) is 1. The van der Waals surface area contributed by atoms with Gasteiger partial charge in [-0.15, -0.1) is 15.0 Å². The Hall–Kier alpha value is -2.67. The quantitative estimate of drug-likeness (QED) is 0.723. The Kier molecular flexibility index (Phi) is 3.64. The van der Waals surface area contributed by atoms with Gasteiger partial charge in [0.25, 0.3) is 0 Å². The van der Waals surface area contributed by atoms with Crippen molar-refractivity contribution in [1.82, 2.24) is 15.0 Å². The number of rotatable bonds is 3. The van der Waals surface area contributed by atoms with E-state index in [0.717, 1.165) is 22.3 Å². The van der Waals surface area contributed by atoms with E-state index in [1.54, 1.807) is 11.9 Å². The second-order valence-electron chi connectivity index (χ2n) is 4.83. The van der Waals surface area contributed by atoms with Gasteiger partial charge < -0.3 is 15.8 Å². The van der Waals surface area contributed by atoms with Crippen LogP contribution in [0.3, 0.4) is 0 Å². The van der Waals surface area contributed by atoms with Crippen molar-refractivity contribution in [3.63, 3.8) is 0 Å². The third-order valence-corrected chi connectivity index (χ3v) is 3.28. The molecule has 0 aliphatic heterocycles. The summed E-state index contributed by atoms with van der Waals surface area (Å²) >= 11 is 4.91. The van der Waals surface area contributed by atoms with Gasteiger partial charge in [0.15, 0.2) is 10.9 Å². The van der Waals surface area contributed by atoms with E-state index in [4.69, 9.17) is 22.7 Å². The fraction of sp³-hybridized carbons (Fsp3) is 0.133. The van der Waals surface area contributed by atoms with Gasteiger partial charge in [-0.2, -0.15) is 0 Å². The highest BCUT2D eigenvalue weighted by Gasteiger charge is 2.15. The summed E-state index contributed by atoms with van der Waals surface area (Å²) in [5.74, 6) is 0.582. The molecule has 6 nitrogen and oxygen atoms in total. The van der Waals surface area contributed by atoms with Crippen LogP contribution in [-0.2, 0) is 0 Å². The molecule has 1 heterocycles. The van der Waals surface area contributed by atoms with E-state index in [1.165, 1.54) is 0 Å². The second kappa shape index (κ2) is 5.61. The Labute approximate surface area is 132 Å². The van der Waals surface area contributed by atoms with Gasteiger partial charge in [-0.3, -0.25) is 0 Å². The van der Waals surface area contributed by atoms with E-state index in [2.05, 4.69) is 15.5 Å². The standard InChI is InChI=1S/C15H15N5OS/c1-9-7-12(17-15(16)22)14(21-2)13(8-9)20-18-10-5-3-4-6-11(10)19-20/h3-8H,1-2H3,(H3,16,17,22). The summed E-state index contributed by atoms with van der Waals surface area (Å²) in [5.41, 5.74) is 9.62. The minimum absolute atomic E-state index is 0.174. The molecule has 0 unspecified atom stereocenters. The molecule has 0 aliphatic rings. The molecule has 0 saturated heterocycles. The van der Waals surface area contributed by atoms with Gasteiger partial charge in [0, 0.05) is 0 Å². The predicted molar refractivity (Wildman–Crippen MR) is 90.6 cm³/mol. The first-order valence-electron chi connectivity index (χ1n) is 6.66. The second-order valence-corrected chi connectivity index (χ2v) is 5.27. The fourth-order valence-electron chi connectivity index (χ4n) is 2.31. The lowest BCUT2D eigenvalue weighted by Gasteiger charge is -2.14. The van der Waals surface area contributed by atoms with Crippen LogP contribution < -0.4 is 15.8 Å². The monoisotopic (exact) mass is 313 g/mol. The topological polar surface area (TPSA) is 78.0 Å². The number of aryl methyl sites for hydroxylation is 1. The zero-order chi connectivity index (χ0) is 15.7. The van der Waals surface area contributed by atoms with Crippen LogP contribution in [0.5, 0.6) is 5.75 Å². The van der Waals surface area contributed by atoms with E-state index in [9.17, 15) is 0 Å². The molecule has 0 saturated carbocycles. The number of methoxy groups -OCH3 is 1. The Balaban J connectivity index is 2.20. The van der Waals surface area contributed by atoms with Gasteiger partial charge in [0.05, 0.1) is 12.8 Å². The normalized spacial score (nSPS) is 10.6. The summed E-state index contributed by atoms with van der Waals surface area (Å²) in [6, 6.07) is 11.5. The molecular weight excluding hydrogens is 298 g/mol. The number of ether oxygens (including phenoxy) is 1. The minimum Gasteiger partial charge on any atom is -0.492 e. The van der Waals surface area contributed by atoms with E-state index in [1.807, 2.05) is 43.3 Å². The van der Waals surface area contributed by atoms with Gasteiger partial charge in [0.1, 0.15) is 16.7 Å². The van der Waals surface area contributed by atoms with Crippen molar-refractivity contribution in [3.8, 4) is 11.4 Å². The number of hydrogen-bond acceptors (Lipinski definition) is 4. The van der Waals surface area contributed by atoms with Crippen LogP contribution in [0, 0.1) is 6.92 Å². The molecule has 22 heavy (non-hydrogen) atoms. The molecular formula is C15H15N5OS. The van der Waals surface area contributed by atoms with Crippen LogP contribution in [0.2, 0.25) is 0 Å². The molecule has 112 valence electrons. The van der Waals surface area contributed by atoms with Crippen molar-refractivity contribution in [3.05, 3.63) is 42.0 Å². The van der Waals surface area contributed by atoms with E-state index < -0.39 is 0 Å². The third-order valence-electron chi connectivity index (χ3n) is 3.18. The van der Waals surface area contributed by atoms with Crippen molar-refractivity contribution >= 4 is 34.1 Å². The van der Waals surface area contributed by atoms with Crippen LogP contribution in [0.1, 0.15) is 5.56 Å². The first kappa shape index (κ1) is 14.3. The molecule has 0 spiro atoms. The van der Waals surface area contributed by atoms with Crippen molar-refractivity contribution in [2.45, 2.75) is 6.92 Å². The minimum atomic E-state index is 0.174. The number of fused-ring (bicyclic) bond motifs is 1. The van der Waals surface area contributed by atoms with Crippen molar-refractivity contribution in [2.24, 2.45) is 5.73 Å². The first-order valence-corrected chi connectivity index (χ1v) is 7.07. The Morgan fingerprint density at radius 3 is 2.41 bits per heavy atom. The van der Waals surface area contributed by atoms with Gasteiger partial charge in [-0.25, -0.2) is 0 Å². The molecule has 0 fully saturated rings. The molecule has 2 aromatic carbocycles. The lowest BCUT2D eigenvalue weighted by molar-refractivity contribution is 0.412. The average Bonchev–Trinajstić information content (AvgIpc) is 2.89. The zero-order valence-corrected chi connectivity index (χ0v) is 13.0. The van der Waals surface area contributed by atoms with Gasteiger partial charge in [-0.05, 0) is 49.0 Å². The zero-order valence-electron chi connectivity index (χ0n) is 12.2. The Bertz CT molecular complexity index is 825. The number of nitrogens with two attached hydrogens (primary N) is 1. The maximum atomic E-state index is 5.57. The molecule has 0 atom stereocenters. The average molecular weight is 313 g/mol. The molecule has 7 heteroatoms. The molecule has 0 bridgehead atoms. The lowest BCUT2D eigenvalue weighted by atomic mass is 10.1. The largest absolute Gasteiger partial charge is 0.492 e. The summed E-state index contributed by atoms with van der Waals surface area (Å²) in [4.78, 5) is 1.56. The van der Waals surface area contributed by atoms with Crippen molar-refractivity contribution in [1.29, 1.82) is 0 Å². The SMILES string of the molecule is COc1c(NC(N)=S)cc(C)cc1-n1nc2ccccc2n1. The van der Waals surface area contributed by atoms with Crippen LogP contribution in [-0.4, -0.2) is 27.2 Å². The Morgan fingerprint density at radius 1 is 1.23 bits per heavy atom. The van der Waals surface area contributed by atoms with Gasteiger partial charge in [-0.1, -0.05) is 12.1 Å². The number of anilines is 1. The molecule has 0 radical (unpaired) electrons. The molecule has 3 rings (SSSR count). The van der Waals surface area contributed by atoms with Gasteiger partial charge >= 0.3 is 0 Å². The highest BCUT2D eigenvalue weighted by Crippen LogP contribution is 2.33. The fourth-order valence-corrected chi connectivity index (χ4v) is 2.42. The van der Waals surface area contributed by atoms with E-state index >= 15 is 0 Å². The van der Waals surface area contributed by atoms with Crippen LogP contribution in [0.15, 0.2) is 36.4 Å². The van der Waals surface area contributed by atoms with Crippen LogP contribution in [0.4, 0.5) is 5.69 Å². The van der Waals surface area contributed by atoms with Crippen LogP contribution in [0.25, 0.3) is 16.7 Å². The van der Waals surface area contributed by atoms with Crippen molar-refractivity contribution in [2.75, 3.05) is 12.4 Å². The molecule has 3 aromatic rings. The maximum Gasteiger partial charge on any atom is 0.169 e. The van der Waals surface area contributed by atoms with E-state index in [0.29, 0.717) is 11.4 Å².